The molecule has 1 N–H and O–H groups in total. The highest BCUT2D eigenvalue weighted by Crippen LogP contribution is 2.38. The average Bonchev–Trinajstić information content (AvgIpc) is 3.32. The summed E-state index contributed by atoms with van der Waals surface area (Å²) >= 11 is 0. The van der Waals surface area contributed by atoms with E-state index in [1.54, 1.807) is 17.0 Å². The predicted molar refractivity (Wildman–Crippen MR) is 131 cm³/mol. The topological polar surface area (TPSA) is 71.3 Å². The molecule has 0 aliphatic carbocycles. The zero-order valence-corrected chi connectivity index (χ0v) is 19.7. The molecule has 0 saturated heterocycles. The monoisotopic (exact) mass is 468 g/mol. The number of hydrogen-bond acceptors (Lipinski definition) is 4. The Morgan fingerprint density at radius 1 is 1.00 bits per heavy atom. The smallest absolute Gasteiger partial charge is 0.322 e. The number of aromatic nitrogens is 2. The van der Waals surface area contributed by atoms with Crippen LogP contribution in [0, 0.1) is 19.7 Å². The average molecular weight is 469 g/mol. The molecule has 0 radical (unpaired) electrons. The molecule has 4 aromatic rings. The van der Waals surface area contributed by atoms with Crippen molar-refractivity contribution >= 4 is 11.6 Å². The second kappa shape index (κ2) is 9.18. The highest BCUT2D eigenvalue weighted by Gasteiger charge is 2.36. The predicted octanol–water partition coefficient (Wildman–Crippen LogP) is 6.19. The first kappa shape index (κ1) is 22.5. The summed E-state index contributed by atoms with van der Waals surface area (Å²) in [5.41, 5.74) is 5.96. The number of allylic oxidation sites excluding steroid dienone is 1. The van der Waals surface area contributed by atoms with E-state index in [-0.39, 0.29) is 17.7 Å². The molecule has 2 heterocycles. The van der Waals surface area contributed by atoms with Crippen LogP contribution in [-0.2, 0) is 6.54 Å². The Morgan fingerprint density at radius 3 is 2.51 bits per heavy atom. The number of urea groups is 1. The van der Waals surface area contributed by atoms with E-state index in [1.165, 1.54) is 12.1 Å². The van der Waals surface area contributed by atoms with Gasteiger partial charge in [0, 0.05) is 11.3 Å². The molecule has 3 aromatic carbocycles. The lowest BCUT2D eigenvalue weighted by Crippen LogP contribution is -2.45. The molecule has 2 amide bonds. The van der Waals surface area contributed by atoms with Crippen LogP contribution in [0.5, 0.6) is 0 Å². The van der Waals surface area contributed by atoms with Gasteiger partial charge >= 0.3 is 6.03 Å². The van der Waals surface area contributed by atoms with Gasteiger partial charge in [-0.1, -0.05) is 71.4 Å². The summed E-state index contributed by atoms with van der Waals surface area (Å²) in [7, 11) is 0. The lowest BCUT2D eigenvalue weighted by Gasteiger charge is -2.35. The minimum Gasteiger partial charge on any atom is -0.334 e. The maximum Gasteiger partial charge on any atom is 0.322 e. The molecule has 176 valence electrons. The summed E-state index contributed by atoms with van der Waals surface area (Å²) in [6.45, 7) is 6.26. The number of carbonyl (C=O) groups excluding carboxylic acids is 1. The highest BCUT2D eigenvalue weighted by atomic mass is 19.1. The van der Waals surface area contributed by atoms with Crippen LogP contribution in [0.2, 0.25) is 0 Å². The molecular formula is C28H25FN4O2. The maximum atomic E-state index is 14.1. The van der Waals surface area contributed by atoms with E-state index in [9.17, 15) is 9.18 Å². The molecule has 1 unspecified atom stereocenters. The summed E-state index contributed by atoms with van der Waals surface area (Å²) in [5.74, 6) is 0.338. The zero-order chi connectivity index (χ0) is 24.5. The van der Waals surface area contributed by atoms with Gasteiger partial charge in [0.15, 0.2) is 0 Å². The fraction of sp³-hybridized carbons (Fsp3) is 0.179. The highest BCUT2D eigenvalue weighted by molar-refractivity contribution is 5.87. The van der Waals surface area contributed by atoms with Gasteiger partial charge in [-0.05, 0) is 49.6 Å². The van der Waals surface area contributed by atoms with Crippen molar-refractivity contribution in [3.05, 3.63) is 112 Å². The van der Waals surface area contributed by atoms with E-state index in [2.05, 4.69) is 15.5 Å². The Morgan fingerprint density at radius 2 is 1.77 bits per heavy atom. The number of nitrogens with one attached hydrogen (secondary N) is 1. The van der Waals surface area contributed by atoms with Gasteiger partial charge < -0.3 is 9.84 Å². The lowest BCUT2D eigenvalue weighted by atomic mass is 9.94. The number of halogens is 1. The zero-order valence-electron chi connectivity index (χ0n) is 19.7. The SMILES string of the molecule is CC1=C(c2nc(-c3ccc(C)cc3)no2)C(c2cccc(F)c2)NC(=O)N1Cc1ccccc1C. The van der Waals surface area contributed by atoms with Crippen LogP contribution in [0.4, 0.5) is 9.18 Å². The van der Waals surface area contributed by atoms with Crippen LogP contribution in [0.3, 0.4) is 0 Å². The second-order valence-corrected chi connectivity index (χ2v) is 8.74. The Kier molecular flexibility index (Phi) is 5.91. The molecule has 1 atom stereocenters. The molecule has 6 nitrogen and oxygen atoms in total. The number of carbonyl (C=O) groups is 1. The molecule has 7 heteroatoms. The lowest BCUT2D eigenvalue weighted by molar-refractivity contribution is 0.203. The Balaban J connectivity index is 1.61. The second-order valence-electron chi connectivity index (χ2n) is 8.74. The van der Waals surface area contributed by atoms with E-state index in [4.69, 9.17) is 4.52 Å². The van der Waals surface area contributed by atoms with E-state index in [0.29, 0.717) is 29.2 Å². The van der Waals surface area contributed by atoms with Crippen LogP contribution in [0.15, 0.2) is 83.0 Å². The van der Waals surface area contributed by atoms with E-state index in [0.717, 1.165) is 22.3 Å². The number of nitrogens with zero attached hydrogens (tertiary/aromatic N) is 3. The van der Waals surface area contributed by atoms with E-state index < -0.39 is 6.04 Å². The fourth-order valence-electron chi connectivity index (χ4n) is 4.30. The first-order valence-corrected chi connectivity index (χ1v) is 11.4. The molecule has 1 aliphatic rings. The van der Waals surface area contributed by atoms with Crippen LogP contribution in [0.1, 0.15) is 41.1 Å². The molecule has 0 saturated carbocycles. The molecule has 35 heavy (non-hydrogen) atoms. The number of benzene rings is 3. The van der Waals surface area contributed by atoms with Gasteiger partial charge in [-0.3, -0.25) is 4.90 Å². The van der Waals surface area contributed by atoms with Crippen molar-refractivity contribution in [3.63, 3.8) is 0 Å². The maximum absolute atomic E-state index is 14.1. The third kappa shape index (κ3) is 4.45. The van der Waals surface area contributed by atoms with Crippen molar-refractivity contribution in [2.24, 2.45) is 0 Å². The quantitative estimate of drug-likeness (QED) is 0.379. The van der Waals surface area contributed by atoms with Crippen LogP contribution in [0.25, 0.3) is 17.0 Å². The fourth-order valence-corrected chi connectivity index (χ4v) is 4.30. The van der Waals surface area contributed by atoms with Gasteiger partial charge in [-0.15, -0.1) is 0 Å². The molecule has 1 aromatic heterocycles. The van der Waals surface area contributed by atoms with E-state index in [1.807, 2.05) is 69.3 Å². The largest absolute Gasteiger partial charge is 0.334 e. The van der Waals surface area contributed by atoms with Crippen molar-refractivity contribution in [3.8, 4) is 11.4 Å². The van der Waals surface area contributed by atoms with Crippen molar-refractivity contribution < 1.29 is 13.7 Å². The minimum absolute atomic E-state index is 0.276. The van der Waals surface area contributed by atoms with Gasteiger partial charge in [-0.25, -0.2) is 9.18 Å². The van der Waals surface area contributed by atoms with Gasteiger partial charge in [0.1, 0.15) is 5.82 Å². The van der Waals surface area contributed by atoms with Gasteiger partial charge in [-0.2, -0.15) is 4.98 Å². The van der Waals surface area contributed by atoms with Crippen LogP contribution >= 0.6 is 0 Å². The normalized spacial score (nSPS) is 15.9. The molecule has 1 aliphatic heterocycles. The third-order valence-electron chi connectivity index (χ3n) is 6.33. The number of amides is 2. The van der Waals surface area contributed by atoms with E-state index >= 15 is 0 Å². The first-order valence-electron chi connectivity index (χ1n) is 11.4. The molecule has 0 bridgehead atoms. The minimum atomic E-state index is -0.641. The van der Waals surface area contributed by atoms with Crippen molar-refractivity contribution in [2.75, 3.05) is 0 Å². The Bertz CT molecular complexity index is 1420. The van der Waals surface area contributed by atoms with Crippen molar-refractivity contribution in [2.45, 2.75) is 33.4 Å². The molecule has 0 spiro atoms. The molecule has 5 rings (SSSR count). The standard InChI is InChI=1S/C28H25FN4O2/c1-17-11-13-20(14-12-17)26-31-27(35-32-26)24-19(3)33(16-22-8-5-4-7-18(22)2)28(34)30-25(24)21-9-6-10-23(29)15-21/h4-15,25H,16H2,1-3H3,(H,30,34). The van der Waals surface area contributed by atoms with Crippen molar-refractivity contribution in [1.29, 1.82) is 0 Å². The Labute approximate surface area is 203 Å². The van der Waals surface area contributed by atoms with Gasteiger partial charge in [0.2, 0.25) is 5.82 Å². The Hall–Kier alpha value is -4.26. The first-order chi connectivity index (χ1) is 16.9. The molecule has 0 fully saturated rings. The number of aryl methyl sites for hydroxylation is 2. The van der Waals surface area contributed by atoms with Gasteiger partial charge in [0.05, 0.1) is 18.2 Å². The summed E-state index contributed by atoms with van der Waals surface area (Å²) in [5, 5.41) is 7.21. The summed E-state index contributed by atoms with van der Waals surface area (Å²) in [6, 6.07) is 21.0. The van der Waals surface area contributed by atoms with Gasteiger partial charge in [0.25, 0.3) is 5.89 Å². The van der Waals surface area contributed by atoms with Crippen molar-refractivity contribution in [1.82, 2.24) is 20.4 Å². The molecular weight excluding hydrogens is 443 g/mol. The summed E-state index contributed by atoms with van der Waals surface area (Å²) in [6.07, 6.45) is 0. The third-order valence-corrected chi connectivity index (χ3v) is 6.33. The summed E-state index contributed by atoms with van der Waals surface area (Å²) < 4.78 is 19.8. The number of rotatable bonds is 5. The summed E-state index contributed by atoms with van der Waals surface area (Å²) in [4.78, 5) is 19.6. The van der Waals surface area contributed by atoms with Crippen LogP contribution in [-0.4, -0.2) is 21.1 Å². The van der Waals surface area contributed by atoms with Crippen LogP contribution < -0.4 is 5.32 Å². The number of hydrogen-bond donors (Lipinski definition) is 1.